The minimum absolute atomic E-state index is 0.0159. The molecular formula is C23H21N5O7. The van der Waals surface area contributed by atoms with Gasteiger partial charge >= 0.3 is 0 Å². The molecular weight excluding hydrogens is 458 g/mol. The van der Waals surface area contributed by atoms with Crippen LogP contribution in [0.15, 0.2) is 46.6 Å². The number of oxime groups is 1. The molecule has 0 radical (unpaired) electrons. The predicted molar refractivity (Wildman–Crippen MR) is 122 cm³/mol. The molecule has 1 aromatic carbocycles. The quantitative estimate of drug-likeness (QED) is 0.313. The Morgan fingerprint density at radius 2 is 2.06 bits per heavy atom. The third-order valence-corrected chi connectivity index (χ3v) is 6.89. The summed E-state index contributed by atoms with van der Waals surface area (Å²) in [5.41, 5.74) is 1.63. The number of phenols is 1. The lowest BCUT2D eigenvalue weighted by molar-refractivity contribution is -0.133. The van der Waals surface area contributed by atoms with Crippen molar-refractivity contribution in [1.29, 1.82) is 5.41 Å². The number of hydrogen-bond acceptors (Lipinski definition) is 10. The fourth-order valence-electron chi connectivity index (χ4n) is 5.38. The van der Waals surface area contributed by atoms with E-state index >= 15 is 0 Å². The van der Waals surface area contributed by atoms with Crippen LogP contribution >= 0.6 is 0 Å². The minimum atomic E-state index is -2.65. The molecule has 180 valence electrons. The van der Waals surface area contributed by atoms with Crippen molar-refractivity contribution < 1.29 is 34.9 Å². The molecule has 0 spiro atoms. The molecule has 35 heavy (non-hydrogen) atoms. The van der Waals surface area contributed by atoms with Crippen LogP contribution in [0.2, 0.25) is 0 Å². The van der Waals surface area contributed by atoms with Crippen LogP contribution in [0.25, 0.3) is 17.1 Å². The van der Waals surface area contributed by atoms with E-state index in [0.717, 1.165) is 0 Å². The fraction of sp³-hybridized carbons (Fsp3) is 0.261. The van der Waals surface area contributed by atoms with E-state index in [2.05, 4.69) is 15.1 Å². The van der Waals surface area contributed by atoms with Gasteiger partial charge in [-0.25, -0.2) is 4.98 Å². The smallest absolute Gasteiger partial charge is 0.254 e. The van der Waals surface area contributed by atoms with Crippen molar-refractivity contribution in [3.8, 4) is 17.1 Å². The van der Waals surface area contributed by atoms with Gasteiger partial charge in [0.15, 0.2) is 11.4 Å². The maximum atomic E-state index is 13.7. The highest BCUT2D eigenvalue weighted by Gasteiger charge is 2.62. The number of primary amides is 1. The molecule has 0 unspecified atom stereocenters. The Labute approximate surface area is 197 Å². The first kappa shape index (κ1) is 22.3. The number of nitrogens with two attached hydrogens (primary N) is 1. The molecule has 1 fully saturated rings. The van der Waals surface area contributed by atoms with E-state index < -0.39 is 51.9 Å². The van der Waals surface area contributed by atoms with Gasteiger partial charge in [-0.1, -0.05) is 5.16 Å². The van der Waals surface area contributed by atoms with Crippen molar-refractivity contribution in [2.45, 2.75) is 18.4 Å². The second kappa shape index (κ2) is 7.53. The van der Waals surface area contributed by atoms with Crippen LogP contribution in [0.4, 0.5) is 0 Å². The number of carbonyl (C=O) groups excluding carboxylic acids is 2. The topological polar surface area (TPSA) is 215 Å². The number of aromatic hydroxyl groups is 1. The molecule has 2 aromatic rings. The van der Waals surface area contributed by atoms with Crippen molar-refractivity contribution in [1.82, 2.24) is 9.97 Å². The van der Waals surface area contributed by atoms with E-state index in [1.54, 1.807) is 18.5 Å². The summed E-state index contributed by atoms with van der Waals surface area (Å²) < 4.78 is 0. The maximum absolute atomic E-state index is 13.7. The van der Waals surface area contributed by atoms with E-state index in [4.69, 9.17) is 16.0 Å². The van der Waals surface area contributed by atoms with Gasteiger partial charge in [0.05, 0.1) is 17.2 Å². The molecule has 12 nitrogen and oxygen atoms in total. The molecule has 12 heteroatoms. The molecule has 1 aromatic heterocycles. The average molecular weight is 479 g/mol. The van der Waals surface area contributed by atoms with Gasteiger partial charge in [-0.15, -0.1) is 0 Å². The monoisotopic (exact) mass is 479 g/mol. The summed E-state index contributed by atoms with van der Waals surface area (Å²) in [4.78, 5) is 37.7. The van der Waals surface area contributed by atoms with Crippen LogP contribution in [-0.2, 0) is 20.8 Å². The van der Waals surface area contributed by atoms with Gasteiger partial charge in [0.2, 0.25) is 5.78 Å². The van der Waals surface area contributed by atoms with E-state index in [0.29, 0.717) is 17.0 Å². The number of aliphatic hydroxyl groups excluding tert-OH is 2. The SMILES string of the molecule is CO/N=C1\C(O)=C(C(N)=O)C(=N)[C@@]2(O)C(=O)C3=C(O)c4c(O)ccc(-c5ncc[nH]5)c4C[C@H]3C[C@@H]12. The van der Waals surface area contributed by atoms with Crippen LogP contribution in [-0.4, -0.2) is 66.2 Å². The number of amides is 1. The molecule has 3 aliphatic carbocycles. The molecule has 5 rings (SSSR count). The Kier molecular flexibility index (Phi) is 4.81. The zero-order chi connectivity index (χ0) is 25.2. The lowest BCUT2D eigenvalue weighted by atomic mass is 9.57. The number of allylic oxidation sites excluding steroid dienone is 1. The number of Topliss-reactive ketones (excluding diaryl/α,β-unsaturated/α-hetero) is 1. The van der Waals surface area contributed by atoms with Crippen LogP contribution in [0.5, 0.6) is 5.75 Å². The molecule has 8 N–H and O–H groups in total. The number of aliphatic hydroxyl groups is 3. The number of hydrogen-bond donors (Lipinski definition) is 7. The van der Waals surface area contributed by atoms with Gasteiger partial charge in [0.25, 0.3) is 5.91 Å². The molecule has 0 bridgehead atoms. The predicted octanol–water partition coefficient (Wildman–Crippen LogP) is 0.877. The van der Waals surface area contributed by atoms with E-state index in [1.807, 2.05) is 0 Å². The van der Waals surface area contributed by atoms with Crippen LogP contribution < -0.4 is 5.73 Å². The summed E-state index contributed by atoms with van der Waals surface area (Å²) in [6.07, 6.45) is 3.29. The minimum Gasteiger partial charge on any atom is -0.507 e. The maximum Gasteiger partial charge on any atom is 0.254 e. The van der Waals surface area contributed by atoms with Gasteiger partial charge in [0, 0.05) is 23.5 Å². The highest BCUT2D eigenvalue weighted by molar-refractivity contribution is 6.39. The standard InChI is InChI=1S/C23H21N5O7/c1-35-28-16-11-7-8-6-10-9(22-26-4-5-27-22)2-3-12(29)14(10)17(30)13(8)20(32)23(11,34)19(24)15(18(16)31)21(25)33/h2-5,8,11,24,29-31,34H,6-7H2,1H3,(H2,25,33)(H,26,27)/b24-19?,28-16-/t8-,11-,23+/m0/s1. The van der Waals surface area contributed by atoms with E-state index in [9.17, 15) is 30.0 Å². The second-order valence-corrected chi connectivity index (χ2v) is 8.59. The first-order valence-corrected chi connectivity index (χ1v) is 10.6. The number of rotatable bonds is 3. The summed E-state index contributed by atoms with van der Waals surface area (Å²) in [6, 6.07) is 2.99. The summed E-state index contributed by atoms with van der Waals surface area (Å²) in [6.45, 7) is 0. The first-order chi connectivity index (χ1) is 16.6. The number of phenolic OH excluding ortho intramolecular Hbond substituents is 1. The fourth-order valence-corrected chi connectivity index (χ4v) is 5.38. The molecule has 0 aliphatic heterocycles. The summed E-state index contributed by atoms with van der Waals surface area (Å²) in [5, 5.41) is 56.1. The number of ketones is 1. The molecule has 3 atom stereocenters. The Hall–Kier alpha value is -4.45. The number of aromatic amines is 1. The van der Waals surface area contributed by atoms with Gasteiger partial charge < -0.3 is 41.4 Å². The lowest BCUT2D eigenvalue weighted by Crippen LogP contribution is -2.64. The van der Waals surface area contributed by atoms with Gasteiger partial charge in [-0.05, 0) is 36.5 Å². The summed E-state index contributed by atoms with van der Waals surface area (Å²) >= 11 is 0. The highest BCUT2D eigenvalue weighted by atomic mass is 16.6. The highest BCUT2D eigenvalue weighted by Crippen LogP contribution is 2.51. The number of carbonyl (C=O) groups is 2. The number of aromatic nitrogens is 2. The number of H-pyrrole nitrogens is 1. The molecule has 1 heterocycles. The molecule has 1 saturated carbocycles. The largest absolute Gasteiger partial charge is 0.507 e. The third kappa shape index (κ3) is 2.86. The zero-order valence-corrected chi connectivity index (χ0v) is 18.4. The second-order valence-electron chi connectivity index (χ2n) is 8.59. The zero-order valence-electron chi connectivity index (χ0n) is 18.4. The van der Waals surface area contributed by atoms with E-state index in [1.165, 1.54) is 13.2 Å². The number of fused-ring (bicyclic) bond motifs is 3. The van der Waals surface area contributed by atoms with Crippen molar-refractivity contribution in [3.63, 3.8) is 0 Å². The lowest BCUT2D eigenvalue weighted by Gasteiger charge is -2.46. The van der Waals surface area contributed by atoms with Gasteiger partial charge in [-0.3, -0.25) is 9.59 Å². The molecule has 3 aliphatic rings. The Morgan fingerprint density at radius 3 is 2.69 bits per heavy atom. The van der Waals surface area contributed by atoms with Crippen LogP contribution in [0, 0.1) is 17.2 Å². The number of nitrogens with zero attached hydrogens (tertiary/aromatic N) is 2. The van der Waals surface area contributed by atoms with Crippen molar-refractivity contribution in [2.75, 3.05) is 7.11 Å². The Bertz CT molecular complexity index is 1410. The number of imidazole rings is 1. The Morgan fingerprint density at radius 1 is 1.31 bits per heavy atom. The van der Waals surface area contributed by atoms with Crippen LogP contribution in [0.1, 0.15) is 17.5 Å². The Balaban J connectivity index is 1.74. The van der Waals surface area contributed by atoms with Crippen molar-refractivity contribution >= 4 is 28.9 Å². The summed E-state index contributed by atoms with van der Waals surface area (Å²) in [5.74, 6) is -5.34. The first-order valence-electron chi connectivity index (χ1n) is 10.6. The average Bonchev–Trinajstić information content (AvgIpc) is 3.33. The van der Waals surface area contributed by atoms with Crippen LogP contribution in [0.3, 0.4) is 0 Å². The molecule has 1 amide bonds. The molecule has 0 saturated heterocycles. The third-order valence-electron chi connectivity index (χ3n) is 6.89. The van der Waals surface area contributed by atoms with Crippen molar-refractivity contribution in [3.05, 3.63) is 52.6 Å². The van der Waals surface area contributed by atoms with Crippen molar-refractivity contribution in [2.24, 2.45) is 22.7 Å². The van der Waals surface area contributed by atoms with Gasteiger partial charge in [0.1, 0.15) is 35.7 Å². The van der Waals surface area contributed by atoms with Gasteiger partial charge in [-0.2, -0.15) is 0 Å². The normalized spacial score (nSPS) is 27.0. The summed E-state index contributed by atoms with van der Waals surface area (Å²) in [7, 11) is 1.18. The number of benzene rings is 1. The van der Waals surface area contributed by atoms with E-state index in [-0.39, 0.29) is 35.4 Å². The number of nitrogens with one attached hydrogen (secondary N) is 2.